The van der Waals surface area contributed by atoms with Crippen LogP contribution in [0.15, 0.2) is 18.2 Å². The van der Waals surface area contributed by atoms with E-state index >= 15 is 0 Å². The third-order valence-electron chi connectivity index (χ3n) is 2.57. The van der Waals surface area contributed by atoms with Gasteiger partial charge in [0.2, 0.25) is 0 Å². The lowest BCUT2D eigenvalue weighted by atomic mass is 9.98. The van der Waals surface area contributed by atoms with Gasteiger partial charge in [0.25, 0.3) is 0 Å². The molecule has 4 heteroatoms. The average Bonchev–Trinajstić information content (AvgIpc) is 2.23. The predicted molar refractivity (Wildman–Crippen MR) is 78.3 cm³/mol. The smallest absolute Gasteiger partial charge is 0.0471 e. The summed E-state index contributed by atoms with van der Waals surface area (Å²) in [5.41, 5.74) is 4.07. The van der Waals surface area contributed by atoms with Gasteiger partial charge in [-0.2, -0.15) is 0 Å². The first kappa shape index (κ1) is 14.2. The minimum atomic E-state index is 0.188. The van der Waals surface area contributed by atoms with E-state index in [-0.39, 0.29) is 6.04 Å². The van der Waals surface area contributed by atoms with Crippen molar-refractivity contribution in [3.05, 3.63) is 32.4 Å². The van der Waals surface area contributed by atoms with Gasteiger partial charge in [0.15, 0.2) is 0 Å². The highest BCUT2D eigenvalue weighted by atomic mass is 127. The Hall–Kier alpha value is 0.160. The van der Waals surface area contributed by atoms with Crippen LogP contribution in [0.2, 0.25) is 5.02 Å². The van der Waals surface area contributed by atoms with Gasteiger partial charge in [-0.1, -0.05) is 25.4 Å². The molecule has 1 aromatic carbocycles. The maximum absolute atomic E-state index is 6.01. The molecule has 0 heterocycles. The molecule has 3 N–H and O–H groups in total. The fourth-order valence-electron chi connectivity index (χ4n) is 1.61. The summed E-state index contributed by atoms with van der Waals surface area (Å²) < 4.78 is 1.20. The highest BCUT2D eigenvalue weighted by Crippen LogP contribution is 2.27. The normalized spacial score (nSPS) is 13.1. The molecule has 0 aliphatic rings. The summed E-state index contributed by atoms with van der Waals surface area (Å²) in [6.45, 7) is 4.44. The highest BCUT2D eigenvalue weighted by molar-refractivity contribution is 14.1. The second-order valence-corrected chi connectivity index (χ2v) is 5.95. The number of benzene rings is 1. The summed E-state index contributed by atoms with van der Waals surface area (Å²) in [4.78, 5) is 0. The Morgan fingerprint density at radius 2 is 2.06 bits per heavy atom. The van der Waals surface area contributed by atoms with Gasteiger partial charge in [-0.25, -0.2) is 0 Å². The zero-order chi connectivity index (χ0) is 12.1. The van der Waals surface area contributed by atoms with Gasteiger partial charge in [0.1, 0.15) is 0 Å². The van der Waals surface area contributed by atoms with Gasteiger partial charge < -0.3 is 0 Å². The van der Waals surface area contributed by atoms with E-state index in [1.54, 1.807) is 0 Å². The molecule has 0 saturated carbocycles. The second kappa shape index (κ2) is 6.79. The van der Waals surface area contributed by atoms with Gasteiger partial charge >= 0.3 is 0 Å². The molecule has 0 aliphatic heterocycles. The van der Waals surface area contributed by atoms with Crippen molar-refractivity contribution in [3.63, 3.8) is 0 Å². The van der Waals surface area contributed by atoms with E-state index in [2.05, 4.69) is 41.9 Å². The number of rotatable bonds is 5. The maximum atomic E-state index is 6.01. The number of hydrogen-bond acceptors (Lipinski definition) is 2. The SMILES string of the molecule is CC(C)CCC(NN)c1cc(Cl)ccc1I. The molecule has 90 valence electrons. The van der Waals surface area contributed by atoms with Crippen LogP contribution in [0.3, 0.4) is 0 Å². The van der Waals surface area contributed by atoms with Crippen LogP contribution in [-0.2, 0) is 0 Å². The third kappa shape index (κ3) is 4.20. The molecule has 0 bridgehead atoms. The molecule has 2 nitrogen and oxygen atoms in total. The van der Waals surface area contributed by atoms with Crippen LogP contribution in [0.25, 0.3) is 0 Å². The van der Waals surface area contributed by atoms with Crippen LogP contribution >= 0.6 is 34.2 Å². The van der Waals surface area contributed by atoms with E-state index in [1.165, 1.54) is 9.13 Å². The predicted octanol–water partition coefficient (Wildman–Crippen LogP) is 3.89. The summed E-state index contributed by atoms with van der Waals surface area (Å²) in [6, 6.07) is 6.11. The number of nitrogens with one attached hydrogen (secondary N) is 1. The lowest BCUT2D eigenvalue weighted by molar-refractivity contribution is 0.447. The number of hydrogen-bond donors (Lipinski definition) is 2. The molecule has 0 spiro atoms. The van der Waals surface area contributed by atoms with Crippen molar-refractivity contribution in [1.29, 1.82) is 0 Å². The molecule has 1 rings (SSSR count). The Bertz CT molecular complexity index is 342. The van der Waals surface area contributed by atoms with Crippen molar-refractivity contribution in [2.75, 3.05) is 0 Å². The molecule has 0 radical (unpaired) electrons. The summed E-state index contributed by atoms with van der Waals surface area (Å²) in [7, 11) is 0. The zero-order valence-corrected chi connectivity index (χ0v) is 12.5. The summed E-state index contributed by atoms with van der Waals surface area (Å²) in [5, 5.41) is 0.764. The molecular weight excluding hydrogens is 335 g/mol. The molecule has 1 atom stereocenters. The maximum Gasteiger partial charge on any atom is 0.0471 e. The van der Waals surface area contributed by atoms with Crippen LogP contribution in [-0.4, -0.2) is 0 Å². The van der Waals surface area contributed by atoms with Gasteiger partial charge in [0.05, 0.1) is 0 Å². The fraction of sp³-hybridized carbons (Fsp3) is 0.500. The first-order valence-corrected chi connectivity index (χ1v) is 6.91. The zero-order valence-electron chi connectivity index (χ0n) is 9.63. The van der Waals surface area contributed by atoms with Crippen LogP contribution in [0, 0.1) is 9.49 Å². The molecule has 0 saturated heterocycles. The summed E-state index contributed by atoms with van der Waals surface area (Å²) in [5.74, 6) is 6.30. The molecule has 0 aromatic heterocycles. The average molecular weight is 353 g/mol. The van der Waals surface area contributed by atoms with Crippen molar-refractivity contribution < 1.29 is 0 Å². The number of nitrogens with two attached hydrogens (primary N) is 1. The highest BCUT2D eigenvalue weighted by Gasteiger charge is 2.13. The molecule has 0 aliphatic carbocycles. The lowest BCUT2D eigenvalue weighted by Crippen LogP contribution is -2.28. The summed E-state index contributed by atoms with van der Waals surface area (Å²) >= 11 is 8.33. The van der Waals surface area contributed by atoms with Gasteiger partial charge in [-0.15, -0.1) is 0 Å². The Morgan fingerprint density at radius 3 is 2.62 bits per heavy atom. The van der Waals surface area contributed by atoms with E-state index in [1.807, 2.05) is 18.2 Å². The second-order valence-electron chi connectivity index (χ2n) is 4.36. The summed E-state index contributed by atoms with van der Waals surface area (Å²) in [6.07, 6.45) is 2.18. The molecule has 1 unspecified atom stereocenters. The Labute approximate surface area is 116 Å². The fourth-order valence-corrected chi connectivity index (χ4v) is 2.50. The van der Waals surface area contributed by atoms with Crippen LogP contribution in [0.1, 0.15) is 38.3 Å². The van der Waals surface area contributed by atoms with E-state index in [0.29, 0.717) is 5.92 Å². The molecule has 0 fully saturated rings. The minimum absolute atomic E-state index is 0.188. The first-order valence-electron chi connectivity index (χ1n) is 5.45. The van der Waals surface area contributed by atoms with Crippen molar-refractivity contribution in [1.82, 2.24) is 5.43 Å². The van der Waals surface area contributed by atoms with Gasteiger partial charge in [-0.05, 0) is 65.1 Å². The molecule has 1 aromatic rings. The third-order valence-corrected chi connectivity index (χ3v) is 3.78. The van der Waals surface area contributed by atoms with Gasteiger partial charge in [0, 0.05) is 14.6 Å². The number of halogens is 2. The molecular formula is C12H18ClIN2. The van der Waals surface area contributed by atoms with Crippen molar-refractivity contribution in [2.45, 2.75) is 32.7 Å². The Balaban J connectivity index is 2.81. The van der Waals surface area contributed by atoms with Crippen molar-refractivity contribution in [2.24, 2.45) is 11.8 Å². The van der Waals surface area contributed by atoms with Crippen LogP contribution in [0.5, 0.6) is 0 Å². The molecule has 0 amide bonds. The minimum Gasteiger partial charge on any atom is -0.271 e. The number of hydrazine groups is 1. The van der Waals surface area contributed by atoms with E-state index < -0.39 is 0 Å². The van der Waals surface area contributed by atoms with Crippen molar-refractivity contribution >= 4 is 34.2 Å². The van der Waals surface area contributed by atoms with E-state index in [0.717, 1.165) is 17.9 Å². The van der Waals surface area contributed by atoms with Crippen molar-refractivity contribution in [3.8, 4) is 0 Å². The molecule has 16 heavy (non-hydrogen) atoms. The standard InChI is InChI=1S/C12H18ClIN2/c1-8(2)3-6-12(16-15)10-7-9(13)4-5-11(10)14/h4-5,7-8,12,16H,3,6,15H2,1-2H3. The Morgan fingerprint density at radius 1 is 1.38 bits per heavy atom. The quantitative estimate of drug-likeness (QED) is 0.479. The van der Waals surface area contributed by atoms with Crippen LogP contribution < -0.4 is 11.3 Å². The van der Waals surface area contributed by atoms with E-state index in [4.69, 9.17) is 17.4 Å². The van der Waals surface area contributed by atoms with Gasteiger partial charge in [-0.3, -0.25) is 11.3 Å². The lowest BCUT2D eigenvalue weighted by Gasteiger charge is -2.19. The van der Waals surface area contributed by atoms with Crippen LogP contribution in [0.4, 0.5) is 0 Å². The monoisotopic (exact) mass is 352 g/mol. The largest absolute Gasteiger partial charge is 0.271 e. The first-order chi connectivity index (χ1) is 7.54. The topological polar surface area (TPSA) is 38.0 Å². The van der Waals surface area contributed by atoms with E-state index in [9.17, 15) is 0 Å². The Kier molecular flexibility index (Phi) is 6.03.